The molecule has 0 radical (unpaired) electrons. The molecule has 0 fully saturated rings. The number of carbonyl (C=O) groups is 1. The van der Waals surface area contributed by atoms with Crippen LogP contribution in [0.3, 0.4) is 0 Å². The van der Waals surface area contributed by atoms with Crippen LogP contribution in [0.5, 0.6) is 0 Å². The summed E-state index contributed by atoms with van der Waals surface area (Å²) < 4.78 is 43.0. The molecule has 0 bridgehead atoms. The zero-order chi connectivity index (χ0) is 21.6. The SMILES string of the molecule is Cn1ccc2c(c1=O)C1=C3C(=CN(C(=O)OCCF)C3CCN1)C=C2CS(C)(=O)=O. The summed E-state index contributed by atoms with van der Waals surface area (Å²) in [6.07, 6.45) is 5.94. The highest BCUT2D eigenvalue weighted by molar-refractivity contribution is 7.91. The molecule has 0 saturated heterocycles. The van der Waals surface area contributed by atoms with Gasteiger partial charge in [0.1, 0.15) is 13.3 Å². The van der Waals surface area contributed by atoms with Crippen LogP contribution in [0.15, 0.2) is 40.5 Å². The van der Waals surface area contributed by atoms with Crippen molar-refractivity contribution in [1.82, 2.24) is 14.8 Å². The Bertz CT molecular complexity index is 1180. The number of ether oxygens (including phenoxy) is 1. The maximum Gasteiger partial charge on any atom is 0.414 e. The van der Waals surface area contributed by atoms with Crippen LogP contribution in [-0.2, 0) is 21.6 Å². The number of hydrogen-bond donors (Lipinski definition) is 1. The van der Waals surface area contributed by atoms with Gasteiger partial charge in [-0.15, -0.1) is 0 Å². The molecule has 3 heterocycles. The Kier molecular flexibility index (Phi) is 5.05. The number of halogens is 1. The molecule has 1 amide bonds. The predicted molar refractivity (Wildman–Crippen MR) is 110 cm³/mol. The molecule has 1 unspecified atom stereocenters. The van der Waals surface area contributed by atoms with Crippen LogP contribution < -0.4 is 10.9 Å². The molecule has 4 rings (SSSR count). The van der Waals surface area contributed by atoms with Gasteiger partial charge in [0, 0.05) is 37.8 Å². The number of nitrogens with zero attached hydrogens (tertiary/aromatic N) is 2. The molecule has 3 aliphatic rings. The van der Waals surface area contributed by atoms with Crippen molar-refractivity contribution < 1.29 is 22.3 Å². The quantitative estimate of drug-likeness (QED) is 0.764. The molecular formula is C20H22FN3O5S. The minimum Gasteiger partial charge on any atom is -0.446 e. The van der Waals surface area contributed by atoms with Crippen molar-refractivity contribution in [2.24, 2.45) is 7.05 Å². The van der Waals surface area contributed by atoms with Crippen LogP contribution >= 0.6 is 0 Å². The maximum absolute atomic E-state index is 13.1. The first-order valence-electron chi connectivity index (χ1n) is 9.51. The van der Waals surface area contributed by atoms with Gasteiger partial charge in [-0.2, -0.15) is 0 Å². The van der Waals surface area contributed by atoms with Crippen LogP contribution in [-0.4, -0.2) is 61.9 Å². The lowest BCUT2D eigenvalue weighted by Crippen LogP contribution is -2.41. The standard InChI is InChI=1S/C20H22FN3O5S/c1-23-7-4-14-13(11-30(2,27)28)9-12-10-24(20(26)29-8-5-21)15-3-6-22-18(16(12)15)17(14)19(23)25/h4,7,9-10,15,22H,3,5-6,8,11H2,1-2H3. The first-order chi connectivity index (χ1) is 14.2. The van der Waals surface area contributed by atoms with Crippen molar-refractivity contribution in [2.75, 3.05) is 31.8 Å². The number of aryl methyl sites for hydroxylation is 1. The molecule has 10 heteroatoms. The lowest BCUT2D eigenvalue weighted by molar-refractivity contribution is 0.104. The molecule has 1 aliphatic carbocycles. The highest BCUT2D eigenvalue weighted by atomic mass is 32.2. The third kappa shape index (κ3) is 3.45. The molecule has 1 atom stereocenters. The Balaban J connectivity index is 1.94. The average Bonchev–Trinajstić information content (AvgIpc) is 2.99. The van der Waals surface area contributed by atoms with Crippen LogP contribution in [0.1, 0.15) is 17.5 Å². The fraction of sp³-hybridized carbons (Fsp3) is 0.400. The van der Waals surface area contributed by atoms with Gasteiger partial charge in [0.15, 0.2) is 9.84 Å². The number of allylic oxidation sites excluding steroid dienone is 1. The van der Waals surface area contributed by atoms with Crippen molar-refractivity contribution in [2.45, 2.75) is 12.5 Å². The monoisotopic (exact) mass is 435 g/mol. The summed E-state index contributed by atoms with van der Waals surface area (Å²) >= 11 is 0. The Labute approximate surface area is 173 Å². The van der Waals surface area contributed by atoms with Crippen molar-refractivity contribution in [1.29, 1.82) is 0 Å². The summed E-state index contributed by atoms with van der Waals surface area (Å²) in [5, 5.41) is 3.28. The molecule has 1 N–H and O–H groups in total. The van der Waals surface area contributed by atoms with E-state index in [-0.39, 0.29) is 24.0 Å². The smallest absolute Gasteiger partial charge is 0.414 e. The third-order valence-electron chi connectivity index (χ3n) is 5.37. The zero-order valence-corrected chi connectivity index (χ0v) is 17.5. The number of carbonyl (C=O) groups excluding carboxylic acids is 1. The number of fused-ring (bicyclic) bond motifs is 2. The van der Waals surface area contributed by atoms with E-state index in [0.29, 0.717) is 40.9 Å². The second-order valence-electron chi connectivity index (χ2n) is 7.58. The van der Waals surface area contributed by atoms with Gasteiger partial charge in [-0.3, -0.25) is 9.69 Å². The maximum atomic E-state index is 13.1. The first kappa shape index (κ1) is 20.4. The normalized spacial score (nSPS) is 20.0. The number of hydrogen-bond acceptors (Lipinski definition) is 6. The fourth-order valence-corrected chi connectivity index (χ4v) is 4.99. The minimum absolute atomic E-state index is 0.248. The second kappa shape index (κ2) is 7.42. The van der Waals surface area contributed by atoms with E-state index >= 15 is 0 Å². The number of pyridine rings is 1. The van der Waals surface area contributed by atoms with E-state index in [4.69, 9.17) is 4.74 Å². The fourth-order valence-electron chi connectivity index (χ4n) is 4.19. The van der Waals surface area contributed by atoms with Gasteiger partial charge in [-0.1, -0.05) is 0 Å². The van der Waals surface area contributed by atoms with Crippen molar-refractivity contribution in [3.05, 3.63) is 57.2 Å². The number of amides is 1. The van der Waals surface area contributed by atoms with E-state index in [2.05, 4.69) is 5.32 Å². The summed E-state index contributed by atoms with van der Waals surface area (Å²) in [7, 11) is -1.76. The molecular weight excluding hydrogens is 413 g/mol. The Morgan fingerprint density at radius 2 is 2.17 bits per heavy atom. The van der Waals surface area contributed by atoms with E-state index in [0.717, 1.165) is 11.8 Å². The van der Waals surface area contributed by atoms with Crippen molar-refractivity contribution in [3.8, 4) is 0 Å². The summed E-state index contributed by atoms with van der Waals surface area (Å²) in [5.41, 5.74) is 3.13. The van der Waals surface area contributed by atoms with Gasteiger partial charge in [0.05, 0.1) is 23.1 Å². The van der Waals surface area contributed by atoms with E-state index in [1.165, 1.54) is 9.47 Å². The van der Waals surface area contributed by atoms with Gasteiger partial charge in [-0.25, -0.2) is 17.6 Å². The predicted octanol–water partition coefficient (Wildman–Crippen LogP) is 1.21. The second-order valence-corrected chi connectivity index (χ2v) is 9.72. The van der Waals surface area contributed by atoms with Crippen molar-refractivity contribution >= 4 is 27.2 Å². The molecule has 2 aliphatic heterocycles. The van der Waals surface area contributed by atoms with Crippen LogP contribution in [0.2, 0.25) is 0 Å². The molecule has 160 valence electrons. The van der Waals surface area contributed by atoms with Crippen LogP contribution in [0.25, 0.3) is 11.3 Å². The molecule has 0 aromatic carbocycles. The lowest BCUT2D eigenvalue weighted by atomic mass is 9.92. The molecule has 30 heavy (non-hydrogen) atoms. The van der Waals surface area contributed by atoms with Crippen LogP contribution in [0.4, 0.5) is 9.18 Å². The van der Waals surface area contributed by atoms with Gasteiger partial charge in [0.25, 0.3) is 5.56 Å². The van der Waals surface area contributed by atoms with E-state index < -0.39 is 22.6 Å². The zero-order valence-electron chi connectivity index (χ0n) is 16.6. The molecule has 0 saturated carbocycles. The summed E-state index contributed by atoms with van der Waals surface area (Å²) in [6, 6.07) is 1.36. The Hall–Kier alpha value is -2.88. The number of sulfone groups is 1. The number of nitrogens with one attached hydrogen (secondary N) is 1. The molecule has 0 spiro atoms. The van der Waals surface area contributed by atoms with Gasteiger partial charge >= 0.3 is 6.09 Å². The minimum atomic E-state index is -3.39. The highest BCUT2D eigenvalue weighted by Gasteiger charge is 2.40. The summed E-state index contributed by atoms with van der Waals surface area (Å²) in [6.45, 7) is -0.609. The largest absolute Gasteiger partial charge is 0.446 e. The third-order valence-corrected chi connectivity index (χ3v) is 6.21. The first-order valence-corrected chi connectivity index (χ1v) is 11.6. The lowest BCUT2D eigenvalue weighted by Gasteiger charge is -2.30. The topological polar surface area (TPSA) is 97.7 Å². The van der Waals surface area contributed by atoms with E-state index in [1.807, 2.05) is 0 Å². The van der Waals surface area contributed by atoms with Crippen LogP contribution in [0, 0.1) is 0 Å². The number of alkyl halides is 1. The Morgan fingerprint density at radius 3 is 2.87 bits per heavy atom. The highest BCUT2D eigenvalue weighted by Crippen LogP contribution is 2.42. The Morgan fingerprint density at radius 1 is 1.40 bits per heavy atom. The summed E-state index contributed by atoms with van der Waals surface area (Å²) in [5.74, 6) is -0.248. The number of aromatic nitrogens is 1. The van der Waals surface area contributed by atoms with E-state index in [9.17, 15) is 22.4 Å². The van der Waals surface area contributed by atoms with Gasteiger partial charge in [-0.05, 0) is 35.3 Å². The average molecular weight is 435 g/mol. The summed E-state index contributed by atoms with van der Waals surface area (Å²) in [4.78, 5) is 26.9. The van der Waals surface area contributed by atoms with Gasteiger partial charge < -0.3 is 14.6 Å². The van der Waals surface area contributed by atoms with E-state index in [1.54, 1.807) is 31.6 Å². The van der Waals surface area contributed by atoms with Gasteiger partial charge in [0.2, 0.25) is 0 Å². The molecule has 1 aromatic rings. The molecule has 1 aromatic heterocycles. The number of rotatable bonds is 4. The van der Waals surface area contributed by atoms with Crippen molar-refractivity contribution in [3.63, 3.8) is 0 Å². The molecule has 8 nitrogen and oxygen atoms in total.